The molecule has 0 aromatic heterocycles. The lowest BCUT2D eigenvalue weighted by Crippen LogP contribution is -2.52. The highest BCUT2D eigenvalue weighted by molar-refractivity contribution is 5.88. The Kier molecular flexibility index (Phi) is 9.47. The molecule has 0 saturated heterocycles. The van der Waals surface area contributed by atoms with Gasteiger partial charge in [0, 0.05) is 19.5 Å². The number of hydrogen-bond acceptors (Lipinski definition) is 3. The molecule has 5 heteroatoms. The first-order valence-corrected chi connectivity index (χ1v) is 12.2. The van der Waals surface area contributed by atoms with Crippen LogP contribution in [0.3, 0.4) is 0 Å². The van der Waals surface area contributed by atoms with Gasteiger partial charge in [-0.15, -0.1) is 0 Å². The van der Waals surface area contributed by atoms with E-state index < -0.39 is 6.04 Å². The zero-order valence-corrected chi connectivity index (χ0v) is 21.2. The van der Waals surface area contributed by atoms with Crippen LogP contribution in [0.4, 0.5) is 0 Å². The number of carbonyl (C=O) groups excluding carboxylic acids is 2. The summed E-state index contributed by atoms with van der Waals surface area (Å²) < 4.78 is 5.90. The standard InChI is InChI=1S/C30H36N2O3/c1-22(2)19-31-30(34)27(18-25-13-6-5-7-14-25)32(20-26-15-10-11-23(3)17-26)29(33)21-35-28-16-9-8-12-24(28)4/h5-17,22,27H,18-21H2,1-4H3,(H,31,34). The van der Waals surface area contributed by atoms with E-state index in [1.54, 1.807) is 4.90 Å². The van der Waals surface area contributed by atoms with Crippen LogP contribution < -0.4 is 10.1 Å². The number of nitrogens with one attached hydrogen (secondary N) is 1. The van der Waals surface area contributed by atoms with Crippen LogP contribution in [0, 0.1) is 19.8 Å². The van der Waals surface area contributed by atoms with Crippen molar-refractivity contribution in [3.8, 4) is 5.75 Å². The summed E-state index contributed by atoms with van der Waals surface area (Å²) in [7, 11) is 0. The van der Waals surface area contributed by atoms with E-state index in [9.17, 15) is 9.59 Å². The third-order valence-corrected chi connectivity index (χ3v) is 5.84. The van der Waals surface area contributed by atoms with Gasteiger partial charge in [0.25, 0.3) is 5.91 Å². The molecule has 184 valence electrons. The van der Waals surface area contributed by atoms with Crippen LogP contribution in [-0.2, 0) is 22.6 Å². The average molecular weight is 473 g/mol. The molecule has 0 spiro atoms. The van der Waals surface area contributed by atoms with Crippen LogP contribution in [0.15, 0.2) is 78.9 Å². The monoisotopic (exact) mass is 472 g/mol. The molecule has 2 amide bonds. The molecule has 0 bridgehead atoms. The van der Waals surface area contributed by atoms with Crippen molar-refractivity contribution in [3.05, 3.63) is 101 Å². The lowest BCUT2D eigenvalue weighted by molar-refractivity contribution is -0.142. The maximum absolute atomic E-state index is 13.6. The van der Waals surface area contributed by atoms with Crippen molar-refractivity contribution >= 4 is 11.8 Å². The van der Waals surface area contributed by atoms with E-state index in [2.05, 4.69) is 19.2 Å². The van der Waals surface area contributed by atoms with Crippen LogP contribution in [0.5, 0.6) is 5.75 Å². The maximum atomic E-state index is 13.6. The minimum atomic E-state index is -0.662. The zero-order chi connectivity index (χ0) is 25.2. The molecule has 0 aliphatic carbocycles. The Bertz CT molecular complexity index is 1110. The quantitative estimate of drug-likeness (QED) is 0.423. The van der Waals surface area contributed by atoms with Gasteiger partial charge in [0.2, 0.25) is 5.91 Å². The van der Waals surface area contributed by atoms with E-state index in [-0.39, 0.29) is 18.4 Å². The number of nitrogens with zero attached hydrogens (tertiary/aromatic N) is 1. The van der Waals surface area contributed by atoms with Crippen LogP contribution in [0.2, 0.25) is 0 Å². The summed E-state index contributed by atoms with van der Waals surface area (Å²) in [6.07, 6.45) is 0.423. The number of rotatable bonds is 11. The van der Waals surface area contributed by atoms with Gasteiger partial charge in [-0.1, -0.05) is 92.2 Å². The van der Waals surface area contributed by atoms with E-state index in [1.807, 2.05) is 92.7 Å². The number of carbonyl (C=O) groups is 2. The maximum Gasteiger partial charge on any atom is 0.261 e. The SMILES string of the molecule is Cc1cccc(CN(C(=O)COc2ccccc2C)C(Cc2ccccc2)C(=O)NCC(C)C)c1. The minimum Gasteiger partial charge on any atom is -0.484 e. The molecule has 0 heterocycles. The van der Waals surface area contributed by atoms with Gasteiger partial charge >= 0.3 is 0 Å². The molecule has 1 N–H and O–H groups in total. The predicted molar refractivity (Wildman–Crippen MR) is 140 cm³/mol. The normalized spacial score (nSPS) is 11.7. The molecule has 0 aliphatic heterocycles. The van der Waals surface area contributed by atoms with Gasteiger partial charge in [-0.05, 0) is 42.5 Å². The van der Waals surface area contributed by atoms with Gasteiger partial charge in [0.1, 0.15) is 11.8 Å². The van der Waals surface area contributed by atoms with Gasteiger partial charge in [0.05, 0.1) is 0 Å². The van der Waals surface area contributed by atoms with Crippen molar-refractivity contribution in [2.24, 2.45) is 5.92 Å². The molecule has 0 aliphatic rings. The van der Waals surface area contributed by atoms with E-state index in [1.165, 1.54) is 0 Å². The molecule has 3 rings (SSSR count). The largest absolute Gasteiger partial charge is 0.484 e. The molecular weight excluding hydrogens is 436 g/mol. The first kappa shape index (κ1) is 26.0. The van der Waals surface area contributed by atoms with Crippen molar-refractivity contribution in [1.82, 2.24) is 10.2 Å². The fourth-order valence-electron chi connectivity index (χ4n) is 3.92. The topological polar surface area (TPSA) is 58.6 Å². The van der Waals surface area contributed by atoms with E-state index in [0.29, 0.717) is 31.2 Å². The fraction of sp³-hybridized carbons (Fsp3) is 0.333. The number of ether oxygens (including phenoxy) is 1. The van der Waals surface area contributed by atoms with Crippen LogP contribution in [0.1, 0.15) is 36.1 Å². The van der Waals surface area contributed by atoms with Gasteiger partial charge < -0.3 is 15.0 Å². The highest BCUT2D eigenvalue weighted by Gasteiger charge is 2.30. The summed E-state index contributed by atoms with van der Waals surface area (Å²) >= 11 is 0. The second-order valence-electron chi connectivity index (χ2n) is 9.41. The second-order valence-corrected chi connectivity index (χ2v) is 9.41. The van der Waals surface area contributed by atoms with Crippen LogP contribution in [0.25, 0.3) is 0 Å². The molecule has 0 radical (unpaired) electrons. The average Bonchev–Trinajstić information content (AvgIpc) is 2.84. The fourth-order valence-corrected chi connectivity index (χ4v) is 3.92. The van der Waals surface area contributed by atoms with Crippen molar-refractivity contribution < 1.29 is 14.3 Å². The Morgan fingerprint density at radius 3 is 2.26 bits per heavy atom. The highest BCUT2D eigenvalue weighted by atomic mass is 16.5. The van der Waals surface area contributed by atoms with Crippen molar-refractivity contribution in [1.29, 1.82) is 0 Å². The number of para-hydroxylation sites is 1. The Labute approximate surface area is 209 Å². The van der Waals surface area contributed by atoms with Crippen molar-refractivity contribution in [2.75, 3.05) is 13.2 Å². The lowest BCUT2D eigenvalue weighted by atomic mass is 10.0. The molecule has 0 fully saturated rings. The van der Waals surface area contributed by atoms with E-state index in [0.717, 1.165) is 22.3 Å². The van der Waals surface area contributed by atoms with Gasteiger partial charge in [0.15, 0.2) is 6.61 Å². The lowest BCUT2D eigenvalue weighted by Gasteiger charge is -2.32. The van der Waals surface area contributed by atoms with E-state index in [4.69, 9.17) is 4.74 Å². The molecule has 3 aromatic rings. The molecule has 1 unspecified atom stereocenters. The van der Waals surface area contributed by atoms with Crippen molar-refractivity contribution in [3.63, 3.8) is 0 Å². The molecule has 1 atom stereocenters. The Balaban J connectivity index is 1.91. The molecule has 0 saturated carbocycles. The first-order chi connectivity index (χ1) is 16.8. The summed E-state index contributed by atoms with van der Waals surface area (Å²) in [5.74, 6) is 0.594. The summed E-state index contributed by atoms with van der Waals surface area (Å²) in [6.45, 7) is 8.81. The highest BCUT2D eigenvalue weighted by Crippen LogP contribution is 2.19. The van der Waals surface area contributed by atoms with Crippen molar-refractivity contribution in [2.45, 2.75) is 46.7 Å². The van der Waals surface area contributed by atoms with Gasteiger partial charge in [-0.25, -0.2) is 0 Å². The van der Waals surface area contributed by atoms with E-state index >= 15 is 0 Å². The molecule has 5 nitrogen and oxygen atoms in total. The number of benzene rings is 3. The molecule has 35 heavy (non-hydrogen) atoms. The smallest absolute Gasteiger partial charge is 0.261 e. The predicted octanol–water partition coefficient (Wildman–Crippen LogP) is 5.09. The molecular formula is C30H36N2O3. The summed E-state index contributed by atoms with van der Waals surface area (Å²) in [5, 5.41) is 3.04. The number of hydrogen-bond donors (Lipinski definition) is 1. The molecule has 3 aromatic carbocycles. The second kappa shape index (κ2) is 12.7. The summed E-state index contributed by atoms with van der Waals surface area (Å²) in [4.78, 5) is 28.7. The summed E-state index contributed by atoms with van der Waals surface area (Å²) in [6, 6.07) is 24.8. The van der Waals surface area contributed by atoms with Crippen LogP contribution >= 0.6 is 0 Å². The number of aryl methyl sites for hydroxylation is 2. The minimum absolute atomic E-state index is 0.139. The Morgan fingerprint density at radius 1 is 0.886 bits per heavy atom. The number of amides is 2. The first-order valence-electron chi connectivity index (χ1n) is 12.2. The summed E-state index contributed by atoms with van der Waals surface area (Å²) in [5.41, 5.74) is 4.04. The van der Waals surface area contributed by atoms with Gasteiger partial charge in [-0.2, -0.15) is 0 Å². The Hall–Kier alpha value is -3.60. The Morgan fingerprint density at radius 2 is 1.57 bits per heavy atom. The zero-order valence-electron chi connectivity index (χ0n) is 21.2. The third kappa shape index (κ3) is 7.99. The van der Waals surface area contributed by atoms with Crippen LogP contribution in [-0.4, -0.2) is 35.9 Å². The third-order valence-electron chi connectivity index (χ3n) is 5.84. The van der Waals surface area contributed by atoms with Gasteiger partial charge in [-0.3, -0.25) is 9.59 Å².